The fourth-order valence-electron chi connectivity index (χ4n) is 1.37. The molecule has 0 radical (unpaired) electrons. The van der Waals surface area contributed by atoms with Crippen molar-refractivity contribution in [3.8, 4) is 0 Å². The number of carbonyl (C=O) groups is 1. The van der Waals surface area contributed by atoms with Crippen LogP contribution in [0.4, 0.5) is 0 Å². The van der Waals surface area contributed by atoms with Crippen molar-refractivity contribution < 1.29 is 4.79 Å². The van der Waals surface area contributed by atoms with Gasteiger partial charge in [0.2, 0.25) is 0 Å². The zero-order valence-electron chi connectivity index (χ0n) is 6.59. The summed E-state index contributed by atoms with van der Waals surface area (Å²) in [7, 11) is 0. The minimum atomic E-state index is -0.0278. The maximum absolute atomic E-state index is 10.7. The van der Waals surface area contributed by atoms with E-state index in [1.807, 2.05) is 11.8 Å². The van der Waals surface area contributed by atoms with E-state index in [2.05, 4.69) is 13.8 Å². The molecule has 1 nitrogen and oxygen atoms in total. The Morgan fingerprint density at radius 2 is 2.30 bits per heavy atom. The summed E-state index contributed by atoms with van der Waals surface area (Å²) in [5.74, 6) is 1.66. The summed E-state index contributed by atoms with van der Waals surface area (Å²) in [6.07, 6.45) is 3.44. The molecule has 0 aliphatic carbocycles. The van der Waals surface area contributed by atoms with E-state index in [9.17, 15) is 4.79 Å². The molecule has 0 aromatic carbocycles. The highest BCUT2D eigenvalue weighted by atomic mass is 32.2. The van der Waals surface area contributed by atoms with Crippen LogP contribution in [0, 0.1) is 5.92 Å². The lowest BCUT2D eigenvalue weighted by atomic mass is 9.92. The summed E-state index contributed by atoms with van der Waals surface area (Å²) in [4.78, 5) is 10.7. The van der Waals surface area contributed by atoms with Crippen molar-refractivity contribution in [3.63, 3.8) is 0 Å². The fraction of sp³-hybridized carbons (Fsp3) is 0.875. The average molecular weight is 158 g/mol. The highest BCUT2D eigenvalue weighted by Crippen LogP contribution is 2.41. The third kappa shape index (κ3) is 1.22. The van der Waals surface area contributed by atoms with Gasteiger partial charge in [-0.3, -0.25) is 0 Å². The van der Waals surface area contributed by atoms with Crippen molar-refractivity contribution >= 4 is 18.0 Å². The Hall–Kier alpha value is 0.0200. The molecule has 1 saturated heterocycles. The number of rotatable bonds is 2. The standard InChI is InChI=1S/C8H14OS/c1-7(2)8(6-9)4-3-5-10-8/h6-7H,3-5H2,1-2H3. The van der Waals surface area contributed by atoms with Crippen LogP contribution < -0.4 is 0 Å². The van der Waals surface area contributed by atoms with Gasteiger partial charge < -0.3 is 4.79 Å². The van der Waals surface area contributed by atoms with Crippen molar-refractivity contribution in [1.82, 2.24) is 0 Å². The molecule has 0 bridgehead atoms. The van der Waals surface area contributed by atoms with Crippen LogP contribution in [0.5, 0.6) is 0 Å². The molecule has 1 unspecified atom stereocenters. The van der Waals surface area contributed by atoms with Gasteiger partial charge in [-0.25, -0.2) is 0 Å². The largest absolute Gasteiger partial charge is 0.302 e. The third-order valence-corrected chi connectivity index (χ3v) is 4.06. The number of thioether (sulfide) groups is 1. The normalized spacial score (nSPS) is 33.1. The van der Waals surface area contributed by atoms with Crippen molar-refractivity contribution in [2.45, 2.75) is 31.4 Å². The summed E-state index contributed by atoms with van der Waals surface area (Å²) in [6, 6.07) is 0. The summed E-state index contributed by atoms with van der Waals surface area (Å²) < 4.78 is -0.0278. The first kappa shape index (κ1) is 8.12. The Morgan fingerprint density at radius 3 is 2.50 bits per heavy atom. The van der Waals surface area contributed by atoms with Crippen molar-refractivity contribution in [2.75, 3.05) is 5.75 Å². The zero-order chi connectivity index (χ0) is 7.61. The van der Waals surface area contributed by atoms with E-state index in [0.717, 1.165) is 18.5 Å². The van der Waals surface area contributed by atoms with E-state index in [0.29, 0.717) is 5.92 Å². The molecule has 1 heterocycles. The predicted molar refractivity (Wildman–Crippen MR) is 45.3 cm³/mol. The molecule has 0 aromatic heterocycles. The lowest BCUT2D eigenvalue weighted by Gasteiger charge is -2.25. The van der Waals surface area contributed by atoms with Crippen LogP contribution >= 0.6 is 11.8 Å². The van der Waals surface area contributed by atoms with Crippen LogP contribution in [-0.2, 0) is 4.79 Å². The van der Waals surface area contributed by atoms with Gasteiger partial charge >= 0.3 is 0 Å². The molecule has 58 valence electrons. The second kappa shape index (κ2) is 2.95. The maximum atomic E-state index is 10.7. The molecule has 1 fully saturated rings. The first-order chi connectivity index (χ1) is 4.71. The van der Waals surface area contributed by atoms with E-state index in [4.69, 9.17) is 0 Å². The molecule has 0 spiro atoms. The highest BCUT2D eigenvalue weighted by Gasteiger charge is 2.37. The number of hydrogen-bond donors (Lipinski definition) is 0. The Morgan fingerprint density at radius 1 is 1.60 bits per heavy atom. The Bertz CT molecular complexity index is 125. The monoisotopic (exact) mass is 158 g/mol. The summed E-state index contributed by atoms with van der Waals surface area (Å²) in [5.41, 5.74) is 0. The van der Waals surface area contributed by atoms with E-state index in [1.165, 1.54) is 6.42 Å². The van der Waals surface area contributed by atoms with Gasteiger partial charge in [-0.15, -0.1) is 11.8 Å². The smallest absolute Gasteiger partial charge is 0.136 e. The Labute approximate surface area is 66.6 Å². The average Bonchev–Trinajstić information content (AvgIpc) is 2.35. The van der Waals surface area contributed by atoms with Crippen molar-refractivity contribution in [3.05, 3.63) is 0 Å². The van der Waals surface area contributed by atoms with Crippen molar-refractivity contribution in [1.29, 1.82) is 0 Å². The molecule has 10 heavy (non-hydrogen) atoms. The number of aldehydes is 1. The molecule has 2 heteroatoms. The fourth-order valence-corrected chi connectivity index (χ4v) is 2.73. The van der Waals surface area contributed by atoms with Crippen LogP contribution in [0.25, 0.3) is 0 Å². The third-order valence-electron chi connectivity index (χ3n) is 2.26. The first-order valence-electron chi connectivity index (χ1n) is 3.81. The molecule has 1 aliphatic heterocycles. The van der Waals surface area contributed by atoms with Crippen LogP contribution in [-0.4, -0.2) is 16.8 Å². The van der Waals surface area contributed by atoms with E-state index in [1.54, 1.807) is 0 Å². The summed E-state index contributed by atoms with van der Waals surface area (Å²) >= 11 is 1.83. The summed E-state index contributed by atoms with van der Waals surface area (Å²) in [6.45, 7) is 4.26. The molecule has 0 aromatic rings. The SMILES string of the molecule is CC(C)C1(C=O)CCCS1. The lowest BCUT2D eigenvalue weighted by molar-refractivity contribution is -0.110. The van der Waals surface area contributed by atoms with Crippen LogP contribution in [0.1, 0.15) is 26.7 Å². The molecule has 0 N–H and O–H groups in total. The number of hydrogen-bond acceptors (Lipinski definition) is 2. The molecular weight excluding hydrogens is 144 g/mol. The van der Waals surface area contributed by atoms with Gasteiger partial charge in [0.25, 0.3) is 0 Å². The van der Waals surface area contributed by atoms with Gasteiger partial charge in [-0.2, -0.15) is 0 Å². The van der Waals surface area contributed by atoms with E-state index in [-0.39, 0.29) is 4.75 Å². The van der Waals surface area contributed by atoms with Gasteiger partial charge in [0, 0.05) is 0 Å². The zero-order valence-corrected chi connectivity index (χ0v) is 7.41. The van der Waals surface area contributed by atoms with E-state index < -0.39 is 0 Å². The van der Waals surface area contributed by atoms with Crippen LogP contribution in [0.2, 0.25) is 0 Å². The van der Waals surface area contributed by atoms with Gasteiger partial charge in [-0.05, 0) is 24.5 Å². The molecule has 0 amide bonds. The Kier molecular flexibility index (Phi) is 2.40. The first-order valence-corrected chi connectivity index (χ1v) is 4.80. The molecular formula is C8H14OS. The topological polar surface area (TPSA) is 17.1 Å². The van der Waals surface area contributed by atoms with Gasteiger partial charge in [-0.1, -0.05) is 13.8 Å². The van der Waals surface area contributed by atoms with Crippen LogP contribution in [0.15, 0.2) is 0 Å². The second-order valence-corrected chi connectivity index (χ2v) is 4.64. The second-order valence-electron chi connectivity index (χ2n) is 3.18. The van der Waals surface area contributed by atoms with Gasteiger partial charge in [0.15, 0.2) is 0 Å². The maximum Gasteiger partial charge on any atom is 0.136 e. The minimum absolute atomic E-state index is 0.0278. The molecule has 0 saturated carbocycles. The quantitative estimate of drug-likeness (QED) is 0.572. The Balaban J connectivity index is 2.67. The molecule has 1 atom stereocenters. The van der Waals surface area contributed by atoms with Crippen molar-refractivity contribution in [2.24, 2.45) is 5.92 Å². The summed E-state index contributed by atoms with van der Waals surface area (Å²) in [5, 5.41) is 0. The van der Waals surface area contributed by atoms with Gasteiger partial charge in [0.05, 0.1) is 4.75 Å². The number of carbonyl (C=O) groups excluding carboxylic acids is 1. The van der Waals surface area contributed by atoms with Gasteiger partial charge in [0.1, 0.15) is 6.29 Å². The minimum Gasteiger partial charge on any atom is -0.302 e. The predicted octanol–water partition coefficient (Wildman–Crippen LogP) is 2.11. The van der Waals surface area contributed by atoms with E-state index >= 15 is 0 Å². The molecule has 1 aliphatic rings. The lowest BCUT2D eigenvalue weighted by Crippen LogP contribution is -2.29. The van der Waals surface area contributed by atoms with Crippen LogP contribution in [0.3, 0.4) is 0 Å². The molecule has 1 rings (SSSR count). The highest BCUT2D eigenvalue weighted by molar-refractivity contribution is 8.01.